The number of fused-ring (bicyclic) bond motifs is 2. The van der Waals surface area contributed by atoms with Crippen LogP contribution in [0.15, 0.2) is 30.3 Å². The van der Waals surface area contributed by atoms with Crippen molar-refractivity contribution in [3.63, 3.8) is 0 Å². The predicted octanol–water partition coefficient (Wildman–Crippen LogP) is 1.70. The Hall–Kier alpha value is -1.34. The van der Waals surface area contributed by atoms with Gasteiger partial charge in [-0.2, -0.15) is 4.31 Å². The molecule has 1 saturated carbocycles. The second kappa shape index (κ2) is 11.0. The third-order valence-corrected chi connectivity index (χ3v) is 11.4. The molecule has 7 nitrogen and oxygen atoms in total. The van der Waals surface area contributed by atoms with E-state index in [-0.39, 0.29) is 29.2 Å². The van der Waals surface area contributed by atoms with E-state index in [1.807, 2.05) is 11.3 Å². The number of piperazine rings is 1. The number of anilines is 2. The van der Waals surface area contributed by atoms with Crippen molar-refractivity contribution in [2.24, 2.45) is 0 Å². The van der Waals surface area contributed by atoms with Crippen LogP contribution in [0.4, 0.5) is 11.4 Å². The van der Waals surface area contributed by atoms with Gasteiger partial charge >= 0.3 is 0 Å². The van der Waals surface area contributed by atoms with Crippen LogP contribution in [0.1, 0.15) is 44.6 Å². The predicted molar refractivity (Wildman–Crippen MR) is 149 cm³/mol. The second-order valence-corrected chi connectivity index (χ2v) is 13.6. The summed E-state index contributed by atoms with van der Waals surface area (Å²) in [6, 6.07) is 11.2. The molecule has 1 unspecified atom stereocenters. The van der Waals surface area contributed by atoms with Gasteiger partial charge in [0.1, 0.15) is 11.0 Å². The van der Waals surface area contributed by atoms with Crippen LogP contribution >= 0.6 is 11.3 Å². The lowest BCUT2D eigenvalue weighted by Gasteiger charge is -2.35. The molecule has 3 aromatic rings. The van der Waals surface area contributed by atoms with Crippen molar-refractivity contribution in [3.05, 3.63) is 35.9 Å². The Labute approximate surface area is 240 Å². The van der Waals surface area contributed by atoms with Crippen LogP contribution in [0.5, 0.6) is 0 Å². The van der Waals surface area contributed by atoms with Crippen LogP contribution in [0.25, 0.3) is 20.4 Å². The number of morpholine rings is 1. The zero-order valence-electron chi connectivity index (χ0n) is 21.5. The molecule has 0 bridgehead atoms. The molecule has 1 aliphatic carbocycles. The zero-order chi connectivity index (χ0) is 24.9. The highest BCUT2D eigenvalue weighted by Crippen LogP contribution is 2.38. The fraction of sp³-hybridized carbons (Fsp3) is 0.556. The van der Waals surface area contributed by atoms with E-state index in [0.717, 1.165) is 69.7 Å². The maximum atomic E-state index is 12.7. The van der Waals surface area contributed by atoms with Crippen LogP contribution in [-0.4, -0.2) is 75.4 Å². The monoisotopic (exact) mass is 654 g/mol. The Bertz CT molecular complexity index is 1390. The Morgan fingerprint density at radius 3 is 2.32 bits per heavy atom. The molecule has 6 rings (SSSR count). The normalized spacial score (nSPS) is 20.3. The Morgan fingerprint density at radius 2 is 1.65 bits per heavy atom. The molecular weight excluding hydrogens is 619 g/mol. The van der Waals surface area contributed by atoms with Crippen molar-refractivity contribution >= 4 is 53.2 Å². The summed E-state index contributed by atoms with van der Waals surface area (Å²) in [5.74, 6) is 0.397. The van der Waals surface area contributed by atoms with Crippen LogP contribution in [0.2, 0.25) is 0 Å². The number of hydrogen-bond donors (Lipinski definition) is 0. The standard InChI is InChI=1S/C27H35N4O3S2.HI/c1-3-19(2)23-16-21(29-8-10-31(11-9-29)36(32,33)22-5-6-22)18-26-27(23)28-24-7-4-20(17-25(24)35-26)30-12-14-34-15-13-30;/h4,7,16-19,22H,3,5-6,8-15H2,1-2H3;1H/q+1;/p-1. The molecule has 1 aromatic heterocycles. The first-order valence-electron chi connectivity index (χ1n) is 13.2. The van der Waals surface area contributed by atoms with E-state index in [2.05, 4.69) is 54.0 Å². The number of ether oxygens (including phenoxy) is 1. The molecule has 0 radical (unpaired) electrons. The number of benzene rings is 2. The average molecular weight is 655 g/mol. The van der Waals surface area contributed by atoms with Gasteiger partial charge in [-0.1, -0.05) is 13.8 Å². The van der Waals surface area contributed by atoms with Gasteiger partial charge in [-0.3, -0.25) is 0 Å². The Balaban J connectivity index is 0.00000280. The van der Waals surface area contributed by atoms with Crippen LogP contribution in [-0.2, 0) is 14.8 Å². The Kier molecular flexibility index (Phi) is 8.12. The lowest BCUT2D eigenvalue weighted by atomic mass is 9.96. The fourth-order valence-electron chi connectivity index (χ4n) is 5.30. The molecular formula is C27H35IN4O3S2. The van der Waals surface area contributed by atoms with Gasteiger partial charge < -0.3 is 38.5 Å². The first-order valence-corrected chi connectivity index (χ1v) is 15.5. The van der Waals surface area contributed by atoms with Crippen molar-refractivity contribution in [1.29, 1.82) is 0 Å². The number of nitrogens with zero attached hydrogens (tertiary/aromatic N) is 4. The maximum Gasteiger partial charge on any atom is 0.259 e. The highest BCUT2D eigenvalue weighted by atomic mass is 127. The second-order valence-electron chi connectivity index (χ2n) is 10.3. The Morgan fingerprint density at radius 1 is 0.973 bits per heavy atom. The van der Waals surface area contributed by atoms with Crippen LogP contribution < -0.4 is 33.8 Å². The van der Waals surface area contributed by atoms with Crippen molar-refractivity contribution in [3.8, 4) is 0 Å². The molecule has 0 spiro atoms. The molecule has 3 aliphatic rings. The van der Waals surface area contributed by atoms with Gasteiger partial charge in [-0.15, -0.1) is 0 Å². The number of halogens is 1. The van der Waals surface area contributed by atoms with Crippen molar-refractivity contribution in [2.75, 3.05) is 62.3 Å². The minimum Gasteiger partial charge on any atom is -1.00 e. The first kappa shape index (κ1) is 27.2. The minimum atomic E-state index is -3.11. The largest absolute Gasteiger partial charge is 1.00 e. The summed E-state index contributed by atoms with van der Waals surface area (Å²) >= 11 is 1.81. The summed E-state index contributed by atoms with van der Waals surface area (Å²) in [7, 11) is -3.11. The maximum absolute atomic E-state index is 12.7. The van der Waals surface area contributed by atoms with Crippen LogP contribution in [0, 0.1) is 0 Å². The molecule has 0 N–H and O–H groups in total. The molecule has 2 aromatic carbocycles. The van der Waals surface area contributed by atoms with E-state index in [1.165, 1.54) is 26.3 Å². The SMILES string of the molecule is CCC(C)c1cc(N2CCN(S(=O)(=O)C3CC3)CC2)cc2[s+]c3cc(N4CCOCC4)ccc3nc12.[I-]. The van der Waals surface area contributed by atoms with E-state index in [1.54, 1.807) is 4.31 Å². The lowest BCUT2D eigenvalue weighted by molar-refractivity contribution is -0.0000105. The summed E-state index contributed by atoms with van der Waals surface area (Å²) in [4.78, 5) is 9.89. The number of hydrogen-bond acceptors (Lipinski definition) is 6. The van der Waals surface area contributed by atoms with E-state index >= 15 is 0 Å². The lowest BCUT2D eigenvalue weighted by Crippen LogP contribution is -3.00. The zero-order valence-corrected chi connectivity index (χ0v) is 25.3. The third-order valence-electron chi connectivity index (χ3n) is 7.91. The minimum absolute atomic E-state index is 0. The topological polar surface area (TPSA) is 66.0 Å². The molecule has 0 amide bonds. The third kappa shape index (κ3) is 5.41. The number of aromatic nitrogens is 1. The van der Waals surface area contributed by atoms with E-state index < -0.39 is 10.0 Å². The molecule has 3 fully saturated rings. The summed E-state index contributed by atoms with van der Waals surface area (Å²) in [5.41, 5.74) is 5.84. The molecule has 1 atom stereocenters. The number of rotatable bonds is 6. The highest BCUT2D eigenvalue weighted by Gasteiger charge is 2.41. The molecule has 3 heterocycles. The van der Waals surface area contributed by atoms with Crippen molar-refractivity contribution in [1.82, 2.24) is 9.29 Å². The van der Waals surface area contributed by atoms with Gasteiger partial charge in [0.15, 0.2) is 0 Å². The summed E-state index contributed by atoms with van der Waals surface area (Å²) in [5, 5.41) is -0.134. The van der Waals surface area contributed by atoms with Gasteiger partial charge in [0.2, 0.25) is 21.4 Å². The van der Waals surface area contributed by atoms with Crippen molar-refractivity contribution in [2.45, 2.75) is 44.3 Å². The quantitative estimate of drug-likeness (QED) is 0.229. The summed E-state index contributed by atoms with van der Waals surface area (Å²) < 4.78 is 35.0. The average Bonchev–Trinajstić information content (AvgIpc) is 3.78. The molecule has 2 aliphatic heterocycles. The van der Waals surface area contributed by atoms with E-state index in [4.69, 9.17) is 9.72 Å². The molecule has 200 valence electrons. The molecule has 37 heavy (non-hydrogen) atoms. The van der Waals surface area contributed by atoms with Gasteiger partial charge in [-0.05, 0) is 48.9 Å². The highest BCUT2D eigenvalue weighted by molar-refractivity contribution is 7.90. The summed E-state index contributed by atoms with van der Waals surface area (Å²) in [6.45, 7) is 10.5. The molecule has 2 saturated heterocycles. The first-order chi connectivity index (χ1) is 17.4. The number of sulfonamides is 1. The smallest absolute Gasteiger partial charge is 0.259 e. The van der Waals surface area contributed by atoms with Gasteiger partial charge in [0, 0.05) is 62.8 Å². The van der Waals surface area contributed by atoms with E-state index in [0.29, 0.717) is 19.0 Å². The van der Waals surface area contributed by atoms with Gasteiger partial charge in [0.25, 0.3) is 9.40 Å². The van der Waals surface area contributed by atoms with Gasteiger partial charge in [0.05, 0.1) is 18.5 Å². The van der Waals surface area contributed by atoms with Crippen molar-refractivity contribution < 1.29 is 37.1 Å². The van der Waals surface area contributed by atoms with Gasteiger partial charge in [-0.25, -0.2) is 13.4 Å². The molecule has 10 heteroatoms. The van der Waals surface area contributed by atoms with Crippen LogP contribution in [0.3, 0.4) is 0 Å². The van der Waals surface area contributed by atoms with E-state index in [9.17, 15) is 8.42 Å². The summed E-state index contributed by atoms with van der Waals surface area (Å²) in [6.07, 6.45) is 2.69. The fourth-order valence-corrected chi connectivity index (χ4v) is 8.20.